The molecule has 1 aliphatic rings. The van der Waals surface area contributed by atoms with Crippen molar-refractivity contribution in [3.63, 3.8) is 0 Å². The number of ether oxygens (including phenoxy) is 1. The molecule has 3 unspecified atom stereocenters. The number of hydrogen-bond acceptors (Lipinski definition) is 6. The van der Waals surface area contributed by atoms with Gasteiger partial charge in [0.1, 0.15) is 15.9 Å². The van der Waals surface area contributed by atoms with E-state index in [1.165, 1.54) is 0 Å². The molecule has 1 aliphatic heterocycles. The average molecular weight is 308 g/mol. The van der Waals surface area contributed by atoms with Crippen LogP contribution < -0.4 is 10.6 Å². The number of carbonyl (C=O) groups excluding carboxylic acids is 1. The van der Waals surface area contributed by atoms with Crippen LogP contribution in [0.5, 0.6) is 0 Å². The number of rotatable bonds is 7. The molecule has 0 saturated carbocycles. The first kappa shape index (κ1) is 16.9. The third kappa shape index (κ3) is 5.06. The highest BCUT2D eigenvalue weighted by molar-refractivity contribution is 7.90. The van der Waals surface area contributed by atoms with Crippen LogP contribution in [0.2, 0.25) is 0 Å². The molecule has 20 heavy (non-hydrogen) atoms. The van der Waals surface area contributed by atoms with Crippen molar-refractivity contribution in [2.45, 2.75) is 18.5 Å². The standard InChI is InChI=1S/C11H20N2O6S/c1-12-9-6-19-5-7(9)10(14)13-8(11(15)16)3-4-20(2,17)18/h7-9,12H,3-6H2,1-2H3,(H,13,14)(H,15,16). The molecule has 0 bridgehead atoms. The predicted molar refractivity (Wildman–Crippen MR) is 71.1 cm³/mol. The largest absolute Gasteiger partial charge is 0.480 e. The Kier molecular flexibility index (Phi) is 5.90. The van der Waals surface area contributed by atoms with Crippen molar-refractivity contribution in [2.75, 3.05) is 32.3 Å². The number of hydrogen-bond donors (Lipinski definition) is 3. The van der Waals surface area contributed by atoms with Gasteiger partial charge in [-0.2, -0.15) is 0 Å². The Labute approximate surface area is 117 Å². The molecule has 116 valence electrons. The summed E-state index contributed by atoms with van der Waals surface area (Å²) in [6, 6.07) is -1.38. The molecule has 8 nitrogen and oxygen atoms in total. The summed E-state index contributed by atoms with van der Waals surface area (Å²) in [5, 5.41) is 14.3. The zero-order chi connectivity index (χ0) is 15.3. The lowest BCUT2D eigenvalue weighted by molar-refractivity contribution is -0.142. The maximum atomic E-state index is 12.0. The molecule has 1 rings (SSSR count). The van der Waals surface area contributed by atoms with E-state index in [9.17, 15) is 18.0 Å². The van der Waals surface area contributed by atoms with Gasteiger partial charge in [0.05, 0.1) is 24.9 Å². The number of carboxylic acids is 1. The molecule has 1 fully saturated rings. The van der Waals surface area contributed by atoms with Gasteiger partial charge < -0.3 is 20.5 Å². The average Bonchev–Trinajstić information content (AvgIpc) is 2.80. The third-order valence-electron chi connectivity index (χ3n) is 3.18. The first-order valence-corrected chi connectivity index (χ1v) is 8.26. The van der Waals surface area contributed by atoms with Gasteiger partial charge in [-0.3, -0.25) is 4.79 Å². The fraction of sp³-hybridized carbons (Fsp3) is 0.818. The van der Waals surface area contributed by atoms with Gasteiger partial charge in [0, 0.05) is 12.3 Å². The van der Waals surface area contributed by atoms with Gasteiger partial charge in [-0.1, -0.05) is 0 Å². The van der Waals surface area contributed by atoms with E-state index in [-0.39, 0.29) is 24.8 Å². The molecule has 0 aliphatic carbocycles. The van der Waals surface area contributed by atoms with Crippen molar-refractivity contribution in [3.05, 3.63) is 0 Å². The number of nitrogens with one attached hydrogen (secondary N) is 2. The fourth-order valence-electron chi connectivity index (χ4n) is 1.97. The quantitative estimate of drug-likeness (QED) is 0.508. The Hall–Kier alpha value is -1.19. The van der Waals surface area contributed by atoms with Crippen LogP contribution in [0.1, 0.15) is 6.42 Å². The van der Waals surface area contributed by atoms with E-state index in [2.05, 4.69) is 10.6 Å². The van der Waals surface area contributed by atoms with Gasteiger partial charge in [0.25, 0.3) is 0 Å². The topological polar surface area (TPSA) is 122 Å². The van der Waals surface area contributed by atoms with Crippen molar-refractivity contribution in [1.82, 2.24) is 10.6 Å². The normalized spacial score (nSPS) is 24.3. The number of carboxylic acid groups (broad SMARTS) is 1. The van der Waals surface area contributed by atoms with E-state index in [1.54, 1.807) is 7.05 Å². The second-order valence-electron chi connectivity index (χ2n) is 4.86. The minimum atomic E-state index is -3.27. The number of amides is 1. The van der Waals surface area contributed by atoms with Gasteiger partial charge in [-0.25, -0.2) is 13.2 Å². The molecule has 1 amide bonds. The summed E-state index contributed by atoms with van der Waals surface area (Å²) in [5.41, 5.74) is 0. The maximum absolute atomic E-state index is 12.0. The molecule has 0 radical (unpaired) electrons. The van der Waals surface area contributed by atoms with Crippen molar-refractivity contribution in [3.8, 4) is 0 Å². The summed E-state index contributed by atoms with van der Waals surface area (Å²) in [6.45, 7) is 0.603. The summed E-state index contributed by atoms with van der Waals surface area (Å²) < 4.78 is 27.3. The molecule has 3 N–H and O–H groups in total. The lowest BCUT2D eigenvalue weighted by atomic mass is 10.0. The van der Waals surface area contributed by atoms with E-state index in [0.29, 0.717) is 6.61 Å². The molecule has 0 aromatic carbocycles. The summed E-state index contributed by atoms with van der Waals surface area (Å²) in [4.78, 5) is 23.1. The van der Waals surface area contributed by atoms with Crippen LogP contribution in [0.3, 0.4) is 0 Å². The van der Waals surface area contributed by atoms with Crippen molar-refractivity contribution >= 4 is 21.7 Å². The second kappa shape index (κ2) is 7.00. The highest BCUT2D eigenvalue weighted by atomic mass is 32.2. The predicted octanol–water partition coefficient (Wildman–Crippen LogP) is -1.78. The molecule has 3 atom stereocenters. The maximum Gasteiger partial charge on any atom is 0.326 e. The van der Waals surface area contributed by atoms with Crippen LogP contribution in [-0.4, -0.2) is 69.8 Å². The SMILES string of the molecule is CNC1COCC1C(=O)NC(CCS(C)(=O)=O)C(=O)O. The van der Waals surface area contributed by atoms with E-state index in [1.807, 2.05) is 0 Å². The monoisotopic (exact) mass is 308 g/mol. The highest BCUT2D eigenvalue weighted by Crippen LogP contribution is 2.14. The van der Waals surface area contributed by atoms with E-state index in [4.69, 9.17) is 9.84 Å². The van der Waals surface area contributed by atoms with Gasteiger partial charge in [-0.05, 0) is 13.5 Å². The first-order chi connectivity index (χ1) is 9.24. The molecule has 1 heterocycles. The number of aliphatic carboxylic acids is 1. The first-order valence-electron chi connectivity index (χ1n) is 6.20. The smallest absolute Gasteiger partial charge is 0.326 e. The molecule has 1 saturated heterocycles. The number of sulfone groups is 1. The van der Waals surface area contributed by atoms with Crippen molar-refractivity contribution < 1.29 is 27.9 Å². The van der Waals surface area contributed by atoms with E-state index >= 15 is 0 Å². The number of carbonyl (C=O) groups is 2. The van der Waals surface area contributed by atoms with Crippen LogP contribution in [0, 0.1) is 5.92 Å². The molecule has 0 aromatic heterocycles. The zero-order valence-corrected chi connectivity index (χ0v) is 12.3. The summed E-state index contributed by atoms with van der Waals surface area (Å²) >= 11 is 0. The Bertz CT molecular complexity index is 464. The van der Waals surface area contributed by atoms with Crippen molar-refractivity contribution in [1.29, 1.82) is 0 Å². The van der Waals surface area contributed by atoms with Crippen LogP contribution in [-0.2, 0) is 24.2 Å². The van der Waals surface area contributed by atoms with Gasteiger partial charge in [0.15, 0.2) is 0 Å². The minimum absolute atomic E-state index is 0.155. The summed E-state index contributed by atoms with van der Waals surface area (Å²) in [7, 11) is -1.58. The zero-order valence-electron chi connectivity index (χ0n) is 11.5. The van der Waals surface area contributed by atoms with Crippen LogP contribution in [0.4, 0.5) is 0 Å². The Balaban J connectivity index is 2.61. The molecule has 9 heteroatoms. The lowest BCUT2D eigenvalue weighted by Crippen LogP contribution is -2.49. The second-order valence-corrected chi connectivity index (χ2v) is 7.12. The fourth-order valence-corrected chi connectivity index (χ4v) is 2.63. The van der Waals surface area contributed by atoms with Crippen LogP contribution in [0.15, 0.2) is 0 Å². The van der Waals surface area contributed by atoms with Crippen LogP contribution in [0.25, 0.3) is 0 Å². The Morgan fingerprint density at radius 1 is 1.40 bits per heavy atom. The Morgan fingerprint density at radius 3 is 2.55 bits per heavy atom. The molecular formula is C11H20N2O6S. The summed E-state index contributed by atoms with van der Waals surface area (Å²) in [5.74, 6) is -2.45. The molecule has 0 aromatic rings. The highest BCUT2D eigenvalue weighted by Gasteiger charge is 2.35. The number of likely N-dealkylation sites (N-methyl/N-ethyl adjacent to an activating group) is 1. The minimum Gasteiger partial charge on any atom is -0.480 e. The molecular weight excluding hydrogens is 288 g/mol. The summed E-state index contributed by atoms with van der Waals surface area (Å²) in [6.07, 6.45) is 0.868. The van der Waals surface area contributed by atoms with E-state index < -0.39 is 33.7 Å². The van der Waals surface area contributed by atoms with Crippen molar-refractivity contribution in [2.24, 2.45) is 5.92 Å². The third-order valence-corrected chi connectivity index (χ3v) is 4.16. The van der Waals surface area contributed by atoms with Gasteiger partial charge >= 0.3 is 5.97 Å². The van der Waals surface area contributed by atoms with E-state index in [0.717, 1.165) is 6.26 Å². The van der Waals surface area contributed by atoms with Gasteiger partial charge in [-0.15, -0.1) is 0 Å². The molecule has 0 spiro atoms. The van der Waals surface area contributed by atoms with Crippen LogP contribution >= 0.6 is 0 Å². The Morgan fingerprint density at radius 2 is 2.05 bits per heavy atom. The van der Waals surface area contributed by atoms with Gasteiger partial charge in [0.2, 0.25) is 5.91 Å². The lowest BCUT2D eigenvalue weighted by Gasteiger charge is -2.20.